The second kappa shape index (κ2) is 7.61. The summed E-state index contributed by atoms with van der Waals surface area (Å²) in [4.78, 5) is 0. The summed E-state index contributed by atoms with van der Waals surface area (Å²) in [7, 11) is 0. The average Bonchev–Trinajstić information content (AvgIpc) is 2.05. The van der Waals surface area contributed by atoms with Gasteiger partial charge in [-0.05, 0) is 12.8 Å². The minimum atomic E-state index is 0.230. The fourth-order valence-electron chi connectivity index (χ4n) is 0.744. The van der Waals surface area contributed by atoms with Gasteiger partial charge in [-0.3, -0.25) is 0 Å². The minimum absolute atomic E-state index is 0.230. The van der Waals surface area contributed by atoms with Crippen molar-refractivity contribution in [3.8, 4) is 0 Å². The summed E-state index contributed by atoms with van der Waals surface area (Å²) in [5, 5.41) is 0. The highest BCUT2D eigenvalue weighted by Gasteiger charge is 2.04. The van der Waals surface area contributed by atoms with E-state index in [0.717, 1.165) is 19.4 Å². The Morgan fingerprint density at radius 1 is 1.45 bits per heavy atom. The van der Waals surface area contributed by atoms with Gasteiger partial charge in [0.1, 0.15) is 6.61 Å². The van der Waals surface area contributed by atoms with E-state index < -0.39 is 0 Å². The van der Waals surface area contributed by atoms with Crippen LogP contribution >= 0.6 is 0 Å². The molecule has 0 fully saturated rings. The molecule has 0 aromatic heterocycles. The van der Waals surface area contributed by atoms with E-state index in [0.29, 0.717) is 6.61 Å². The number of rotatable bonds is 7. The topological polar surface area (TPSA) is 18.5 Å². The molecule has 0 rings (SSSR count). The molecule has 66 valence electrons. The van der Waals surface area contributed by atoms with Crippen LogP contribution in [0.1, 0.15) is 26.7 Å². The predicted octanol–water partition coefficient (Wildman–Crippen LogP) is 2.35. The summed E-state index contributed by atoms with van der Waals surface area (Å²) >= 11 is 0. The summed E-state index contributed by atoms with van der Waals surface area (Å²) in [5.74, 6) is 0. The van der Waals surface area contributed by atoms with Gasteiger partial charge in [0.25, 0.3) is 0 Å². The van der Waals surface area contributed by atoms with Crippen LogP contribution in [0.4, 0.5) is 0 Å². The van der Waals surface area contributed by atoms with E-state index in [1.54, 1.807) is 0 Å². The maximum Gasteiger partial charge on any atom is 0.113 e. The maximum atomic E-state index is 5.47. The third kappa shape index (κ3) is 5.92. The van der Waals surface area contributed by atoms with Crippen molar-refractivity contribution in [1.82, 2.24) is 0 Å². The Labute approximate surface area is 69.2 Å². The predicted molar refractivity (Wildman–Crippen MR) is 46.5 cm³/mol. The Balaban J connectivity index is 3.32. The first-order chi connectivity index (χ1) is 5.35. The highest BCUT2D eigenvalue weighted by molar-refractivity contribution is 4.57. The van der Waals surface area contributed by atoms with Gasteiger partial charge < -0.3 is 9.47 Å². The van der Waals surface area contributed by atoms with Gasteiger partial charge in [0.15, 0.2) is 0 Å². The Morgan fingerprint density at radius 3 is 2.64 bits per heavy atom. The van der Waals surface area contributed by atoms with Gasteiger partial charge in [-0.1, -0.05) is 20.4 Å². The zero-order valence-electron chi connectivity index (χ0n) is 7.51. The molecule has 0 aromatic rings. The molecule has 0 saturated heterocycles. The van der Waals surface area contributed by atoms with E-state index >= 15 is 0 Å². The number of ether oxygens (including phenoxy) is 2. The third-order valence-corrected chi connectivity index (χ3v) is 1.41. The third-order valence-electron chi connectivity index (χ3n) is 1.41. The Morgan fingerprint density at radius 2 is 2.18 bits per heavy atom. The number of hydrogen-bond acceptors (Lipinski definition) is 2. The molecule has 0 aliphatic rings. The molecule has 0 spiro atoms. The summed E-state index contributed by atoms with van der Waals surface area (Å²) in [6, 6.07) is 0. The van der Waals surface area contributed by atoms with Crippen LogP contribution in [0.5, 0.6) is 0 Å². The molecule has 0 aliphatic heterocycles. The van der Waals surface area contributed by atoms with Crippen LogP contribution in [0.15, 0.2) is 12.8 Å². The molecular weight excluding hydrogens is 140 g/mol. The quantitative estimate of drug-likeness (QED) is 0.529. The lowest BCUT2D eigenvalue weighted by molar-refractivity contribution is 0.00690. The van der Waals surface area contributed by atoms with Crippen molar-refractivity contribution < 1.29 is 9.47 Å². The van der Waals surface area contributed by atoms with Crippen molar-refractivity contribution in [3.63, 3.8) is 0 Å². The lowest BCUT2D eigenvalue weighted by Crippen LogP contribution is -2.17. The lowest BCUT2D eigenvalue weighted by Gasteiger charge is -2.14. The molecule has 0 saturated carbocycles. The first-order valence-electron chi connectivity index (χ1n) is 4.19. The molecule has 0 amide bonds. The molecule has 2 heteroatoms. The standard InChI is InChI=1S/C9H18O2/c1-4-7-11-9(5-2)8-10-6-3/h6,9H,3-5,7-8H2,1-2H3. The van der Waals surface area contributed by atoms with Crippen molar-refractivity contribution in [2.45, 2.75) is 32.8 Å². The summed E-state index contributed by atoms with van der Waals surface area (Å²) in [5.41, 5.74) is 0. The van der Waals surface area contributed by atoms with Crippen LogP contribution < -0.4 is 0 Å². The lowest BCUT2D eigenvalue weighted by atomic mass is 10.3. The smallest absolute Gasteiger partial charge is 0.113 e. The largest absolute Gasteiger partial charge is 0.499 e. The van der Waals surface area contributed by atoms with Crippen LogP contribution in [-0.4, -0.2) is 19.3 Å². The monoisotopic (exact) mass is 158 g/mol. The van der Waals surface area contributed by atoms with E-state index in [-0.39, 0.29) is 6.10 Å². The van der Waals surface area contributed by atoms with Gasteiger partial charge in [-0.2, -0.15) is 0 Å². The van der Waals surface area contributed by atoms with E-state index in [4.69, 9.17) is 9.47 Å². The summed E-state index contributed by atoms with van der Waals surface area (Å²) < 4.78 is 10.5. The maximum absolute atomic E-state index is 5.47. The van der Waals surface area contributed by atoms with Crippen LogP contribution in [-0.2, 0) is 9.47 Å². The van der Waals surface area contributed by atoms with Crippen molar-refractivity contribution in [2.24, 2.45) is 0 Å². The minimum Gasteiger partial charge on any atom is -0.499 e. The molecule has 0 heterocycles. The molecule has 0 aromatic carbocycles. The Bertz CT molecular complexity index is 91.6. The molecular formula is C9H18O2. The Hall–Kier alpha value is -0.500. The zero-order valence-corrected chi connectivity index (χ0v) is 7.51. The van der Waals surface area contributed by atoms with Gasteiger partial charge in [0.2, 0.25) is 0 Å². The molecule has 0 radical (unpaired) electrons. The first kappa shape index (κ1) is 10.5. The molecule has 0 N–H and O–H groups in total. The van der Waals surface area contributed by atoms with Gasteiger partial charge in [0, 0.05) is 6.61 Å². The highest BCUT2D eigenvalue weighted by Crippen LogP contribution is 1.99. The van der Waals surface area contributed by atoms with Crippen molar-refractivity contribution >= 4 is 0 Å². The van der Waals surface area contributed by atoms with Crippen LogP contribution in [0.25, 0.3) is 0 Å². The second-order valence-electron chi connectivity index (χ2n) is 2.40. The van der Waals surface area contributed by atoms with Crippen LogP contribution in [0, 0.1) is 0 Å². The van der Waals surface area contributed by atoms with Gasteiger partial charge in [-0.15, -0.1) is 0 Å². The summed E-state index contributed by atoms with van der Waals surface area (Å²) in [6.07, 6.45) is 3.74. The molecule has 1 unspecified atom stereocenters. The molecule has 11 heavy (non-hydrogen) atoms. The zero-order chi connectivity index (χ0) is 8.53. The molecule has 0 bridgehead atoms. The average molecular weight is 158 g/mol. The van der Waals surface area contributed by atoms with E-state index in [9.17, 15) is 0 Å². The molecule has 2 nitrogen and oxygen atoms in total. The van der Waals surface area contributed by atoms with Gasteiger partial charge in [0.05, 0.1) is 12.4 Å². The van der Waals surface area contributed by atoms with E-state index in [1.165, 1.54) is 6.26 Å². The summed E-state index contributed by atoms with van der Waals surface area (Å²) in [6.45, 7) is 9.10. The van der Waals surface area contributed by atoms with E-state index in [2.05, 4.69) is 20.4 Å². The van der Waals surface area contributed by atoms with Crippen molar-refractivity contribution in [3.05, 3.63) is 12.8 Å². The first-order valence-corrected chi connectivity index (χ1v) is 4.19. The van der Waals surface area contributed by atoms with Gasteiger partial charge in [-0.25, -0.2) is 0 Å². The number of hydrogen-bond donors (Lipinski definition) is 0. The molecule has 1 atom stereocenters. The fraction of sp³-hybridized carbons (Fsp3) is 0.778. The Kier molecular flexibility index (Phi) is 7.26. The molecule has 0 aliphatic carbocycles. The SMILES string of the molecule is C=COCC(CC)OCCC. The van der Waals surface area contributed by atoms with E-state index in [1.807, 2.05) is 0 Å². The van der Waals surface area contributed by atoms with Crippen molar-refractivity contribution in [2.75, 3.05) is 13.2 Å². The fourth-order valence-corrected chi connectivity index (χ4v) is 0.744. The highest BCUT2D eigenvalue weighted by atomic mass is 16.5. The van der Waals surface area contributed by atoms with Gasteiger partial charge >= 0.3 is 0 Å². The van der Waals surface area contributed by atoms with Crippen LogP contribution in [0.2, 0.25) is 0 Å². The van der Waals surface area contributed by atoms with Crippen LogP contribution in [0.3, 0.4) is 0 Å². The second-order valence-corrected chi connectivity index (χ2v) is 2.40. The normalized spacial score (nSPS) is 12.5. The van der Waals surface area contributed by atoms with Crippen molar-refractivity contribution in [1.29, 1.82) is 0 Å².